The first-order valence-electron chi connectivity index (χ1n) is 7.04. The molecule has 1 aliphatic rings. The first kappa shape index (κ1) is 16.9. The van der Waals surface area contributed by atoms with Crippen LogP contribution >= 0.6 is 0 Å². The summed E-state index contributed by atoms with van der Waals surface area (Å²) in [6, 6.07) is 0. The number of rotatable bonds is 6. The fourth-order valence-electron chi connectivity index (χ4n) is 2.63. The van der Waals surface area contributed by atoms with E-state index < -0.39 is 32.7 Å². The zero-order valence-corrected chi connectivity index (χ0v) is 12.9. The van der Waals surface area contributed by atoms with Gasteiger partial charge in [0.25, 0.3) is 0 Å². The van der Waals surface area contributed by atoms with Crippen LogP contribution in [0.1, 0.15) is 39.5 Å². The third-order valence-electron chi connectivity index (χ3n) is 3.97. The number of amides is 1. The minimum Gasteiger partial charge on any atom is -0.481 e. The van der Waals surface area contributed by atoms with Gasteiger partial charge in [0.15, 0.2) is 9.84 Å². The van der Waals surface area contributed by atoms with Crippen molar-refractivity contribution in [2.24, 2.45) is 5.92 Å². The first-order valence-corrected chi connectivity index (χ1v) is 8.75. The molecule has 20 heavy (non-hydrogen) atoms. The molecule has 7 heteroatoms. The molecule has 1 fully saturated rings. The van der Waals surface area contributed by atoms with Gasteiger partial charge in [-0.2, -0.15) is 0 Å². The molecule has 1 rings (SSSR count). The van der Waals surface area contributed by atoms with Crippen LogP contribution in [0.3, 0.4) is 0 Å². The normalized spacial score (nSPS) is 23.3. The molecule has 0 spiro atoms. The van der Waals surface area contributed by atoms with E-state index in [1.165, 1.54) is 4.90 Å². The summed E-state index contributed by atoms with van der Waals surface area (Å²) in [5, 5.41) is 8.33. The average molecular weight is 305 g/mol. The lowest BCUT2D eigenvalue weighted by atomic mass is 9.89. The summed E-state index contributed by atoms with van der Waals surface area (Å²) in [4.78, 5) is 24.2. The van der Waals surface area contributed by atoms with Gasteiger partial charge >= 0.3 is 5.97 Å². The summed E-state index contributed by atoms with van der Waals surface area (Å²) in [6.07, 6.45) is 1.42. The summed E-state index contributed by atoms with van der Waals surface area (Å²) < 4.78 is 24.4. The van der Waals surface area contributed by atoms with Crippen LogP contribution in [0.5, 0.6) is 0 Å². The van der Waals surface area contributed by atoms with Gasteiger partial charge < -0.3 is 10.0 Å². The maximum atomic E-state index is 12.2. The van der Waals surface area contributed by atoms with Gasteiger partial charge in [0.05, 0.1) is 11.2 Å². The highest BCUT2D eigenvalue weighted by atomic mass is 32.2. The summed E-state index contributed by atoms with van der Waals surface area (Å²) in [5.41, 5.74) is 0. The van der Waals surface area contributed by atoms with Crippen molar-refractivity contribution in [3.05, 3.63) is 0 Å². The number of sulfone groups is 1. The number of nitrogens with zero attached hydrogens (tertiary/aromatic N) is 1. The van der Waals surface area contributed by atoms with E-state index in [0.29, 0.717) is 38.8 Å². The zero-order chi connectivity index (χ0) is 15.3. The molecule has 1 saturated carbocycles. The Bertz CT molecular complexity index is 447. The molecular weight excluding hydrogens is 282 g/mol. The maximum absolute atomic E-state index is 12.2. The van der Waals surface area contributed by atoms with E-state index in [1.807, 2.05) is 13.8 Å². The van der Waals surface area contributed by atoms with E-state index in [1.54, 1.807) is 0 Å². The Hall–Kier alpha value is -1.11. The van der Waals surface area contributed by atoms with E-state index in [4.69, 9.17) is 5.11 Å². The second kappa shape index (κ2) is 7.06. The monoisotopic (exact) mass is 305 g/mol. The van der Waals surface area contributed by atoms with Crippen LogP contribution in [-0.2, 0) is 19.4 Å². The molecule has 0 heterocycles. The first-order chi connectivity index (χ1) is 9.31. The lowest BCUT2D eigenvalue weighted by Gasteiger charge is -2.26. The van der Waals surface area contributed by atoms with Gasteiger partial charge in [0.1, 0.15) is 5.75 Å². The molecule has 1 N–H and O–H groups in total. The van der Waals surface area contributed by atoms with Crippen molar-refractivity contribution in [2.75, 3.05) is 18.8 Å². The number of carboxylic acids is 1. The van der Waals surface area contributed by atoms with Crippen molar-refractivity contribution >= 4 is 21.7 Å². The van der Waals surface area contributed by atoms with Crippen LogP contribution < -0.4 is 0 Å². The lowest BCUT2D eigenvalue weighted by Crippen LogP contribution is -2.39. The topological polar surface area (TPSA) is 91.8 Å². The van der Waals surface area contributed by atoms with Crippen molar-refractivity contribution in [3.63, 3.8) is 0 Å². The summed E-state index contributed by atoms with van der Waals surface area (Å²) >= 11 is 0. The van der Waals surface area contributed by atoms with Gasteiger partial charge in [0.2, 0.25) is 5.91 Å². The van der Waals surface area contributed by atoms with Gasteiger partial charge in [0, 0.05) is 13.1 Å². The van der Waals surface area contributed by atoms with Gasteiger partial charge in [-0.3, -0.25) is 9.59 Å². The van der Waals surface area contributed by atoms with E-state index in [2.05, 4.69) is 0 Å². The van der Waals surface area contributed by atoms with Crippen LogP contribution in [0.15, 0.2) is 0 Å². The van der Waals surface area contributed by atoms with Crippen LogP contribution in [0.4, 0.5) is 0 Å². The highest BCUT2D eigenvalue weighted by Gasteiger charge is 2.35. The van der Waals surface area contributed by atoms with Gasteiger partial charge in [-0.05, 0) is 39.5 Å². The van der Waals surface area contributed by atoms with Gasteiger partial charge in [-0.25, -0.2) is 8.42 Å². The zero-order valence-electron chi connectivity index (χ0n) is 12.0. The summed E-state index contributed by atoms with van der Waals surface area (Å²) in [7, 11) is -3.48. The fraction of sp³-hybridized carbons (Fsp3) is 0.846. The second-order valence-corrected chi connectivity index (χ2v) is 7.47. The summed E-state index contributed by atoms with van der Waals surface area (Å²) in [5.74, 6) is -2.13. The van der Waals surface area contributed by atoms with Crippen LogP contribution in [-0.4, -0.2) is 54.4 Å². The van der Waals surface area contributed by atoms with Crippen molar-refractivity contribution in [1.29, 1.82) is 0 Å². The smallest absolute Gasteiger partial charge is 0.306 e. The van der Waals surface area contributed by atoms with E-state index in [0.717, 1.165) is 0 Å². The minimum atomic E-state index is -3.48. The molecule has 0 aromatic heterocycles. The molecule has 1 amide bonds. The molecule has 0 atom stereocenters. The quantitative estimate of drug-likeness (QED) is 0.787. The van der Waals surface area contributed by atoms with Crippen LogP contribution in [0.25, 0.3) is 0 Å². The van der Waals surface area contributed by atoms with E-state index in [9.17, 15) is 18.0 Å². The van der Waals surface area contributed by atoms with Crippen molar-refractivity contribution in [2.45, 2.75) is 44.8 Å². The largest absolute Gasteiger partial charge is 0.481 e. The third-order valence-corrected chi connectivity index (χ3v) is 6.11. The second-order valence-electron chi connectivity index (χ2n) is 5.19. The Kier molecular flexibility index (Phi) is 5.98. The Morgan fingerprint density at radius 2 is 1.60 bits per heavy atom. The lowest BCUT2D eigenvalue weighted by molar-refractivity contribution is -0.142. The number of hydrogen-bond donors (Lipinski definition) is 1. The van der Waals surface area contributed by atoms with E-state index >= 15 is 0 Å². The third kappa shape index (κ3) is 4.19. The minimum absolute atomic E-state index is 0.338. The van der Waals surface area contributed by atoms with Crippen molar-refractivity contribution in [1.82, 2.24) is 4.90 Å². The Morgan fingerprint density at radius 3 is 2.00 bits per heavy atom. The number of carbonyl (C=O) groups is 2. The molecule has 0 bridgehead atoms. The number of carbonyl (C=O) groups excluding carboxylic acids is 1. The molecule has 0 unspecified atom stereocenters. The number of hydrogen-bond acceptors (Lipinski definition) is 4. The molecule has 6 nitrogen and oxygen atoms in total. The molecule has 0 radical (unpaired) electrons. The Labute approximate surface area is 120 Å². The highest BCUT2D eigenvalue weighted by Crippen LogP contribution is 2.29. The number of aliphatic carboxylic acids is 1. The Morgan fingerprint density at radius 1 is 1.10 bits per heavy atom. The number of carboxylic acid groups (broad SMARTS) is 1. The fourth-order valence-corrected chi connectivity index (χ4v) is 4.38. The van der Waals surface area contributed by atoms with Crippen LogP contribution in [0.2, 0.25) is 0 Å². The molecule has 0 saturated heterocycles. The highest BCUT2D eigenvalue weighted by molar-refractivity contribution is 7.92. The molecular formula is C13H23NO5S. The van der Waals surface area contributed by atoms with E-state index in [-0.39, 0.29) is 5.91 Å². The molecule has 116 valence electrons. The Balaban J connectivity index is 2.62. The molecule has 1 aliphatic carbocycles. The molecule has 0 aromatic rings. The summed E-state index contributed by atoms with van der Waals surface area (Å²) in [6.45, 7) is 4.62. The maximum Gasteiger partial charge on any atom is 0.306 e. The van der Waals surface area contributed by atoms with Crippen molar-refractivity contribution < 1.29 is 23.1 Å². The molecule has 0 aromatic carbocycles. The predicted molar refractivity (Wildman–Crippen MR) is 75.1 cm³/mol. The van der Waals surface area contributed by atoms with Gasteiger partial charge in [-0.15, -0.1) is 0 Å². The van der Waals surface area contributed by atoms with Gasteiger partial charge in [-0.1, -0.05) is 0 Å². The van der Waals surface area contributed by atoms with Crippen LogP contribution in [0, 0.1) is 5.92 Å². The SMILES string of the molecule is CCN(CC)C(=O)CS(=O)(=O)C1CCC(C(=O)O)CC1. The average Bonchev–Trinajstić information content (AvgIpc) is 2.39. The standard InChI is InChI=1S/C13H23NO5S/c1-3-14(4-2)12(15)9-20(18,19)11-7-5-10(6-8-11)13(16)17/h10-11H,3-9H2,1-2H3,(H,16,17). The molecule has 0 aliphatic heterocycles. The van der Waals surface area contributed by atoms with Crippen molar-refractivity contribution in [3.8, 4) is 0 Å². The predicted octanol–water partition coefficient (Wildman–Crippen LogP) is 0.913.